The van der Waals surface area contributed by atoms with E-state index in [-0.39, 0.29) is 5.97 Å². The zero-order valence-corrected chi connectivity index (χ0v) is 13.4. The molecule has 1 heterocycles. The number of nitrogens with zero attached hydrogens (tertiary/aromatic N) is 1. The second-order valence-corrected chi connectivity index (χ2v) is 5.53. The molecule has 0 fully saturated rings. The molecule has 0 spiro atoms. The maximum absolute atomic E-state index is 11.8. The fourth-order valence-corrected chi connectivity index (χ4v) is 2.81. The van der Waals surface area contributed by atoms with Gasteiger partial charge in [0.05, 0.1) is 12.6 Å². The number of methoxy groups -OCH3 is 1. The average Bonchev–Trinajstić information content (AvgIpc) is 2.99. The van der Waals surface area contributed by atoms with Gasteiger partial charge in [0.2, 0.25) is 0 Å². The summed E-state index contributed by atoms with van der Waals surface area (Å²) in [7, 11) is 1.38. The van der Waals surface area contributed by atoms with Crippen molar-refractivity contribution in [1.29, 1.82) is 0 Å². The highest BCUT2D eigenvalue weighted by atomic mass is 16.5. The number of nitrogens with two attached hydrogens (primary N) is 1. The highest BCUT2D eigenvalue weighted by molar-refractivity contribution is 5.99. The Balaban J connectivity index is 2.05. The number of amides is 1. The minimum absolute atomic E-state index is 0.246. The SMILES string of the molecule is COC(=O)CCc1cccc(-n2c(C(N)=O)cc3ccccc32)c1. The number of rotatable bonds is 5. The second-order valence-electron chi connectivity index (χ2n) is 5.53. The molecule has 24 heavy (non-hydrogen) atoms. The van der Waals surface area contributed by atoms with Gasteiger partial charge in [-0.15, -0.1) is 0 Å². The zero-order chi connectivity index (χ0) is 17.1. The Morgan fingerprint density at radius 1 is 1.08 bits per heavy atom. The molecule has 2 N–H and O–H groups in total. The van der Waals surface area contributed by atoms with E-state index in [9.17, 15) is 9.59 Å². The Hall–Kier alpha value is -3.08. The van der Waals surface area contributed by atoms with Crippen LogP contribution in [0, 0.1) is 0 Å². The molecule has 5 nitrogen and oxygen atoms in total. The second kappa shape index (κ2) is 6.58. The summed E-state index contributed by atoms with van der Waals surface area (Å²) in [5.41, 5.74) is 8.73. The van der Waals surface area contributed by atoms with E-state index >= 15 is 0 Å². The van der Waals surface area contributed by atoms with Gasteiger partial charge in [-0.1, -0.05) is 30.3 Å². The molecule has 3 aromatic rings. The summed E-state index contributed by atoms with van der Waals surface area (Å²) in [6.07, 6.45) is 0.890. The Morgan fingerprint density at radius 3 is 2.62 bits per heavy atom. The number of hydrogen-bond donors (Lipinski definition) is 1. The highest BCUT2D eigenvalue weighted by Crippen LogP contribution is 2.25. The topological polar surface area (TPSA) is 74.3 Å². The summed E-state index contributed by atoms with van der Waals surface area (Å²) in [4.78, 5) is 23.2. The number of aryl methyl sites for hydroxylation is 1. The number of fused-ring (bicyclic) bond motifs is 1. The van der Waals surface area contributed by atoms with Gasteiger partial charge in [0.25, 0.3) is 5.91 Å². The van der Waals surface area contributed by atoms with E-state index in [1.54, 1.807) is 6.07 Å². The lowest BCUT2D eigenvalue weighted by Crippen LogP contribution is -2.16. The van der Waals surface area contributed by atoms with Gasteiger partial charge in [0.15, 0.2) is 0 Å². The first kappa shape index (κ1) is 15.8. The third-order valence-corrected chi connectivity index (χ3v) is 3.98. The first-order valence-corrected chi connectivity index (χ1v) is 7.66. The minimum atomic E-state index is -0.480. The summed E-state index contributed by atoms with van der Waals surface area (Å²) in [5, 5.41) is 0.950. The van der Waals surface area contributed by atoms with E-state index < -0.39 is 5.91 Å². The maximum Gasteiger partial charge on any atom is 0.305 e. The van der Waals surface area contributed by atoms with Gasteiger partial charge in [-0.3, -0.25) is 9.59 Å². The van der Waals surface area contributed by atoms with Crippen LogP contribution in [0.1, 0.15) is 22.5 Å². The molecule has 0 saturated heterocycles. The molecule has 2 aromatic carbocycles. The number of aromatic nitrogens is 1. The summed E-state index contributed by atoms with van der Waals surface area (Å²) in [6.45, 7) is 0. The highest BCUT2D eigenvalue weighted by Gasteiger charge is 2.14. The summed E-state index contributed by atoms with van der Waals surface area (Å²) < 4.78 is 6.52. The van der Waals surface area contributed by atoms with E-state index in [0.29, 0.717) is 18.5 Å². The van der Waals surface area contributed by atoms with Gasteiger partial charge in [-0.05, 0) is 36.2 Å². The van der Waals surface area contributed by atoms with Crippen LogP contribution in [0.4, 0.5) is 0 Å². The molecule has 1 aromatic heterocycles. The first-order valence-electron chi connectivity index (χ1n) is 7.66. The monoisotopic (exact) mass is 322 g/mol. The summed E-state index contributed by atoms with van der Waals surface area (Å²) in [6, 6.07) is 17.3. The van der Waals surface area contributed by atoms with Crippen molar-refractivity contribution in [1.82, 2.24) is 4.57 Å². The molecule has 3 rings (SSSR count). The van der Waals surface area contributed by atoms with Gasteiger partial charge in [-0.2, -0.15) is 0 Å². The van der Waals surface area contributed by atoms with Gasteiger partial charge in [0.1, 0.15) is 5.69 Å². The molecule has 0 aliphatic carbocycles. The van der Waals surface area contributed by atoms with Crippen molar-refractivity contribution >= 4 is 22.8 Å². The minimum Gasteiger partial charge on any atom is -0.469 e. The number of hydrogen-bond acceptors (Lipinski definition) is 3. The van der Waals surface area contributed by atoms with E-state index in [0.717, 1.165) is 22.2 Å². The van der Waals surface area contributed by atoms with Crippen molar-refractivity contribution in [2.75, 3.05) is 7.11 Å². The molecule has 1 amide bonds. The van der Waals surface area contributed by atoms with Crippen LogP contribution in [0.3, 0.4) is 0 Å². The van der Waals surface area contributed by atoms with E-state index in [1.165, 1.54) is 7.11 Å². The number of benzene rings is 2. The maximum atomic E-state index is 11.8. The Morgan fingerprint density at radius 2 is 1.88 bits per heavy atom. The average molecular weight is 322 g/mol. The smallest absolute Gasteiger partial charge is 0.305 e. The number of para-hydroxylation sites is 1. The van der Waals surface area contributed by atoms with Gasteiger partial charge in [0, 0.05) is 17.5 Å². The molecule has 5 heteroatoms. The number of primary amides is 1. The largest absolute Gasteiger partial charge is 0.469 e. The number of carbonyl (C=O) groups is 2. The molecule has 0 atom stereocenters. The normalized spacial score (nSPS) is 10.7. The quantitative estimate of drug-likeness (QED) is 0.734. The fourth-order valence-electron chi connectivity index (χ4n) is 2.81. The van der Waals surface area contributed by atoms with Crippen molar-refractivity contribution in [3.8, 4) is 5.69 Å². The number of carbonyl (C=O) groups excluding carboxylic acids is 2. The van der Waals surface area contributed by atoms with Crippen molar-refractivity contribution in [3.63, 3.8) is 0 Å². The Kier molecular flexibility index (Phi) is 4.33. The predicted molar refractivity (Wildman–Crippen MR) is 92.1 cm³/mol. The molecule has 0 saturated carbocycles. The molecule has 0 radical (unpaired) electrons. The molecule has 0 aliphatic rings. The van der Waals surface area contributed by atoms with Crippen molar-refractivity contribution in [2.45, 2.75) is 12.8 Å². The fraction of sp³-hybridized carbons (Fsp3) is 0.158. The van der Waals surface area contributed by atoms with Crippen molar-refractivity contribution in [3.05, 3.63) is 65.9 Å². The standard InChI is InChI=1S/C19H18N2O3/c1-24-18(22)10-9-13-5-4-7-15(11-13)21-16-8-3-2-6-14(16)12-17(21)19(20)23/h2-8,11-12H,9-10H2,1H3,(H2,20,23). The molecule has 0 bridgehead atoms. The van der Waals surface area contributed by atoms with Crippen LogP contribution in [-0.4, -0.2) is 23.6 Å². The molecule has 122 valence electrons. The number of esters is 1. The Bertz CT molecular complexity index is 912. The van der Waals surface area contributed by atoms with Gasteiger partial charge >= 0.3 is 5.97 Å². The molecular weight excluding hydrogens is 304 g/mol. The van der Waals surface area contributed by atoms with E-state index in [4.69, 9.17) is 5.73 Å². The lowest BCUT2D eigenvalue weighted by Gasteiger charge is -2.11. The van der Waals surface area contributed by atoms with Crippen molar-refractivity contribution < 1.29 is 14.3 Å². The lowest BCUT2D eigenvalue weighted by molar-refractivity contribution is -0.140. The van der Waals surface area contributed by atoms with Gasteiger partial charge < -0.3 is 15.0 Å². The molecule has 0 unspecified atom stereocenters. The molecular formula is C19H18N2O3. The predicted octanol–water partition coefficient (Wildman–Crippen LogP) is 2.84. The lowest BCUT2D eigenvalue weighted by atomic mass is 10.1. The van der Waals surface area contributed by atoms with Crippen LogP contribution < -0.4 is 5.73 Å². The van der Waals surface area contributed by atoms with Crippen LogP contribution >= 0.6 is 0 Å². The van der Waals surface area contributed by atoms with Crippen LogP contribution in [0.5, 0.6) is 0 Å². The van der Waals surface area contributed by atoms with E-state index in [2.05, 4.69) is 4.74 Å². The summed E-state index contributed by atoms with van der Waals surface area (Å²) >= 11 is 0. The first-order chi connectivity index (χ1) is 11.6. The number of ether oxygens (including phenoxy) is 1. The van der Waals surface area contributed by atoms with Crippen LogP contribution in [0.25, 0.3) is 16.6 Å². The van der Waals surface area contributed by atoms with Gasteiger partial charge in [-0.25, -0.2) is 0 Å². The van der Waals surface area contributed by atoms with E-state index in [1.807, 2.05) is 53.1 Å². The third kappa shape index (κ3) is 3.01. The Labute approximate surface area is 139 Å². The zero-order valence-electron chi connectivity index (χ0n) is 13.4. The summed E-state index contributed by atoms with van der Waals surface area (Å²) in [5.74, 6) is -0.726. The third-order valence-electron chi connectivity index (χ3n) is 3.98. The molecule has 0 aliphatic heterocycles. The van der Waals surface area contributed by atoms with Crippen LogP contribution in [0.2, 0.25) is 0 Å². The van der Waals surface area contributed by atoms with Crippen molar-refractivity contribution in [2.24, 2.45) is 5.73 Å². The van der Waals surface area contributed by atoms with Crippen LogP contribution in [-0.2, 0) is 16.0 Å². The van der Waals surface area contributed by atoms with Crippen LogP contribution in [0.15, 0.2) is 54.6 Å².